The van der Waals surface area contributed by atoms with Crippen LogP contribution in [-0.2, 0) is 11.3 Å². The van der Waals surface area contributed by atoms with Crippen molar-refractivity contribution in [3.8, 4) is 11.8 Å². The number of hydrogen-bond acceptors (Lipinski definition) is 3. The number of unbranched alkanes of at least 4 members (excludes halogenated alkanes) is 4. The molecule has 1 amide bonds. The van der Waals surface area contributed by atoms with E-state index in [4.69, 9.17) is 5.11 Å². The number of hydrogen-bond donors (Lipinski definition) is 2. The van der Waals surface area contributed by atoms with Gasteiger partial charge in [0.25, 0.3) is 0 Å². The average Bonchev–Trinajstić information content (AvgIpc) is 2.93. The lowest BCUT2D eigenvalue weighted by molar-refractivity contribution is -0.121. The van der Waals surface area contributed by atoms with E-state index in [-0.39, 0.29) is 12.5 Å². The number of amides is 1. The molecule has 0 fully saturated rings. The van der Waals surface area contributed by atoms with E-state index in [1.165, 1.54) is 19.3 Å². The molecular formula is C17H25NO2S. The fourth-order valence-corrected chi connectivity index (χ4v) is 2.68. The number of carbonyl (C=O) groups excluding carboxylic acids is 1. The SMILES string of the molecule is CCCCCCCC(=O)NCc1cc(C#CCCO)cs1. The minimum Gasteiger partial charge on any atom is -0.395 e. The lowest BCUT2D eigenvalue weighted by Crippen LogP contribution is -2.21. The topological polar surface area (TPSA) is 49.3 Å². The van der Waals surface area contributed by atoms with Gasteiger partial charge in [-0.25, -0.2) is 0 Å². The third-order valence-corrected chi connectivity index (χ3v) is 4.03. The monoisotopic (exact) mass is 307 g/mol. The Morgan fingerprint density at radius 3 is 2.90 bits per heavy atom. The summed E-state index contributed by atoms with van der Waals surface area (Å²) in [6, 6.07) is 2.00. The predicted octanol–water partition coefficient (Wildman–Crippen LogP) is 3.46. The Kier molecular flexibility index (Phi) is 9.60. The number of thiophene rings is 1. The van der Waals surface area contributed by atoms with Crippen molar-refractivity contribution in [2.75, 3.05) is 6.61 Å². The molecule has 3 nitrogen and oxygen atoms in total. The van der Waals surface area contributed by atoms with E-state index in [1.54, 1.807) is 11.3 Å². The molecule has 1 aromatic heterocycles. The molecule has 0 saturated heterocycles. The van der Waals surface area contributed by atoms with Gasteiger partial charge in [0.1, 0.15) is 0 Å². The molecule has 2 N–H and O–H groups in total. The lowest BCUT2D eigenvalue weighted by atomic mass is 10.1. The summed E-state index contributed by atoms with van der Waals surface area (Å²) in [5, 5.41) is 13.6. The second-order valence-electron chi connectivity index (χ2n) is 5.02. The van der Waals surface area contributed by atoms with E-state index in [9.17, 15) is 4.79 Å². The van der Waals surface area contributed by atoms with E-state index in [1.807, 2.05) is 11.4 Å². The van der Waals surface area contributed by atoms with Gasteiger partial charge >= 0.3 is 0 Å². The summed E-state index contributed by atoms with van der Waals surface area (Å²) in [7, 11) is 0. The highest BCUT2D eigenvalue weighted by atomic mass is 32.1. The van der Waals surface area contributed by atoms with Crippen LogP contribution in [0.5, 0.6) is 0 Å². The molecule has 0 aliphatic carbocycles. The highest BCUT2D eigenvalue weighted by Gasteiger charge is 2.03. The standard InChI is InChI=1S/C17H25NO2S/c1-2-3-4-5-6-10-17(20)18-13-16-12-15(14-21-16)9-7-8-11-19/h12,14,19H,2-6,8,10-11,13H2,1H3,(H,18,20). The molecule has 21 heavy (non-hydrogen) atoms. The van der Waals surface area contributed by atoms with Gasteiger partial charge in [0.2, 0.25) is 5.91 Å². The highest BCUT2D eigenvalue weighted by Crippen LogP contribution is 2.13. The Hall–Kier alpha value is -1.31. The smallest absolute Gasteiger partial charge is 0.220 e. The molecule has 0 aromatic carbocycles. The van der Waals surface area contributed by atoms with Crippen molar-refractivity contribution >= 4 is 17.2 Å². The van der Waals surface area contributed by atoms with Gasteiger partial charge in [0, 0.05) is 28.7 Å². The number of aliphatic hydroxyl groups excluding tert-OH is 1. The van der Waals surface area contributed by atoms with Gasteiger partial charge in [-0.1, -0.05) is 44.4 Å². The molecule has 116 valence electrons. The fourth-order valence-electron chi connectivity index (χ4n) is 1.92. The molecule has 0 aliphatic rings. The zero-order valence-electron chi connectivity index (χ0n) is 12.8. The maximum absolute atomic E-state index is 11.7. The van der Waals surface area contributed by atoms with Gasteiger partial charge in [-0.15, -0.1) is 11.3 Å². The first kappa shape index (κ1) is 17.7. The van der Waals surface area contributed by atoms with Crippen molar-refractivity contribution in [3.05, 3.63) is 21.9 Å². The molecule has 0 spiro atoms. The van der Waals surface area contributed by atoms with Crippen molar-refractivity contribution in [1.82, 2.24) is 5.32 Å². The zero-order valence-corrected chi connectivity index (χ0v) is 13.6. The highest BCUT2D eigenvalue weighted by molar-refractivity contribution is 7.10. The van der Waals surface area contributed by atoms with Gasteiger partial charge in [0.05, 0.1) is 13.2 Å². The summed E-state index contributed by atoms with van der Waals surface area (Å²) < 4.78 is 0. The summed E-state index contributed by atoms with van der Waals surface area (Å²) in [6.07, 6.45) is 6.97. The number of nitrogens with one attached hydrogen (secondary N) is 1. The van der Waals surface area contributed by atoms with Crippen LogP contribution in [0.15, 0.2) is 11.4 Å². The van der Waals surface area contributed by atoms with Gasteiger partial charge < -0.3 is 10.4 Å². The first-order valence-electron chi connectivity index (χ1n) is 7.70. The quantitative estimate of drug-likeness (QED) is 0.542. The molecule has 0 bridgehead atoms. The van der Waals surface area contributed by atoms with Crippen LogP contribution >= 0.6 is 11.3 Å². The Bertz CT molecular complexity index is 471. The normalized spacial score (nSPS) is 10.0. The Balaban J connectivity index is 2.20. The molecule has 1 aromatic rings. The van der Waals surface area contributed by atoms with Crippen LogP contribution in [0, 0.1) is 11.8 Å². The molecule has 0 unspecified atom stereocenters. The van der Waals surface area contributed by atoms with E-state index in [0.717, 1.165) is 23.3 Å². The van der Waals surface area contributed by atoms with Crippen LogP contribution in [0.2, 0.25) is 0 Å². The van der Waals surface area contributed by atoms with Crippen LogP contribution in [0.4, 0.5) is 0 Å². The maximum atomic E-state index is 11.7. The van der Waals surface area contributed by atoms with Crippen LogP contribution in [0.3, 0.4) is 0 Å². The molecule has 0 radical (unpaired) electrons. The largest absolute Gasteiger partial charge is 0.395 e. The number of carbonyl (C=O) groups is 1. The molecule has 4 heteroatoms. The van der Waals surface area contributed by atoms with Crippen molar-refractivity contribution in [1.29, 1.82) is 0 Å². The van der Waals surface area contributed by atoms with Crippen LogP contribution in [0.1, 0.15) is 62.3 Å². The van der Waals surface area contributed by atoms with Crippen LogP contribution < -0.4 is 5.32 Å². The van der Waals surface area contributed by atoms with Crippen LogP contribution in [-0.4, -0.2) is 17.6 Å². The van der Waals surface area contributed by atoms with Crippen LogP contribution in [0.25, 0.3) is 0 Å². The molecule has 0 saturated carbocycles. The van der Waals surface area contributed by atoms with Gasteiger partial charge in [-0.05, 0) is 12.5 Å². The second kappa shape index (κ2) is 11.4. The fraction of sp³-hybridized carbons (Fsp3) is 0.588. The third kappa shape index (κ3) is 8.54. The minimum absolute atomic E-state index is 0.0955. The van der Waals surface area contributed by atoms with E-state index in [2.05, 4.69) is 24.1 Å². The third-order valence-electron chi connectivity index (χ3n) is 3.09. The molecule has 0 atom stereocenters. The number of rotatable bonds is 9. The summed E-state index contributed by atoms with van der Waals surface area (Å²) in [6.45, 7) is 2.87. The Morgan fingerprint density at radius 2 is 2.14 bits per heavy atom. The van der Waals surface area contributed by atoms with E-state index in [0.29, 0.717) is 19.4 Å². The number of aliphatic hydroxyl groups is 1. The minimum atomic E-state index is 0.0955. The van der Waals surface area contributed by atoms with Gasteiger partial charge in [-0.3, -0.25) is 4.79 Å². The summed E-state index contributed by atoms with van der Waals surface area (Å²) >= 11 is 1.60. The molecule has 1 rings (SSSR count). The van der Waals surface area contributed by atoms with Crippen molar-refractivity contribution in [2.45, 2.75) is 58.4 Å². The summed E-state index contributed by atoms with van der Waals surface area (Å²) in [5.41, 5.74) is 0.956. The first-order valence-corrected chi connectivity index (χ1v) is 8.58. The van der Waals surface area contributed by atoms with Crippen molar-refractivity contribution in [2.24, 2.45) is 0 Å². The lowest BCUT2D eigenvalue weighted by Gasteiger charge is -2.03. The molecule has 0 aliphatic heterocycles. The Morgan fingerprint density at radius 1 is 1.33 bits per heavy atom. The molecule has 1 heterocycles. The first-order chi connectivity index (χ1) is 10.3. The Labute approximate surface area is 131 Å². The second-order valence-corrected chi connectivity index (χ2v) is 6.01. The van der Waals surface area contributed by atoms with Crippen molar-refractivity contribution in [3.63, 3.8) is 0 Å². The molecular weight excluding hydrogens is 282 g/mol. The van der Waals surface area contributed by atoms with E-state index < -0.39 is 0 Å². The zero-order chi connectivity index (χ0) is 15.3. The summed E-state index contributed by atoms with van der Waals surface area (Å²) in [5.74, 6) is 6.02. The van der Waals surface area contributed by atoms with E-state index >= 15 is 0 Å². The maximum Gasteiger partial charge on any atom is 0.220 e. The summed E-state index contributed by atoms with van der Waals surface area (Å²) in [4.78, 5) is 12.8. The van der Waals surface area contributed by atoms with Gasteiger partial charge in [0.15, 0.2) is 0 Å². The van der Waals surface area contributed by atoms with Crippen molar-refractivity contribution < 1.29 is 9.90 Å². The average molecular weight is 307 g/mol. The van der Waals surface area contributed by atoms with Gasteiger partial charge in [-0.2, -0.15) is 0 Å². The predicted molar refractivity (Wildman–Crippen MR) is 88.1 cm³/mol.